The average Bonchev–Trinajstić information content (AvgIpc) is 2.91. The van der Waals surface area contributed by atoms with Crippen LogP contribution in [0.1, 0.15) is 167 Å². The number of hydrogen-bond acceptors (Lipinski definition) is 4. The Morgan fingerprint density at radius 3 is 1.50 bits per heavy atom. The molecule has 0 saturated heterocycles. The molecule has 0 aliphatic rings. The van der Waals surface area contributed by atoms with Gasteiger partial charge in [0.15, 0.2) is 0 Å². The van der Waals surface area contributed by atoms with Crippen molar-refractivity contribution < 1.29 is 19.1 Å². The van der Waals surface area contributed by atoms with Gasteiger partial charge in [-0.3, -0.25) is 9.59 Å². The zero-order valence-corrected chi connectivity index (χ0v) is 25.2. The van der Waals surface area contributed by atoms with Gasteiger partial charge in [0, 0.05) is 12.8 Å². The van der Waals surface area contributed by atoms with E-state index in [4.69, 9.17) is 9.47 Å². The lowest BCUT2D eigenvalue weighted by atomic mass is 10.1. The standard InChI is InChI=1S/C34H62O4/c1-4-7-10-13-16-19-22-25-28-32(38-34(36)30-27-24-21-18-15-12-9-6-3)31-37-33(35)29-26-23-20-17-14-11-8-5-2/h5-6,32H,2-4,7-31H2,1H3. The topological polar surface area (TPSA) is 52.6 Å². The molecule has 1 unspecified atom stereocenters. The smallest absolute Gasteiger partial charge is 0.306 e. The Balaban J connectivity index is 4.20. The van der Waals surface area contributed by atoms with Gasteiger partial charge in [-0.05, 0) is 51.4 Å². The zero-order valence-electron chi connectivity index (χ0n) is 25.2. The number of carbonyl (C=O) groups excluding carboxylic acids is 2. The van der Waals surface area contributed by atoms with Crippen LogP contribution >= 0.6 is 0 Å². The highest BCUT2D eigenvalue weighted by molar-refractivity contribution is 5.70. The monoisotopic (exact) mass is 534 g/mol. The van der Waals surface area contributed by atoms with E-state index < -0.39 is 0 Å². The Hall–Kier alpha value is -1.58. The van der Waals surface area contributed by atoms with Gasteiger partial charge in [-0.1, -0.05) is 115 Å². The molecule has 0 aromatic rings. The van der Waals surface area contributed by atoms with Crippen LogP contribution < -0.4 is 0 Å². The summed E-state index contributed by atoms with van der Waals surface area (Å²) in [5.74, 6) is -0.307. The molecule has 1 atom stereocenters. The Bertz CT molecular complexity index is 557. The summed E-state index contributed by atoms with van der Waals surface area (Å²) < 4.78 is 11.3. The molecule has 0 saturated carbocycles. The van der Waals surface area contributed by atoms with Gasteiger partial charge in [0.05, 0.1) is 0 Å². The molecule has 0 spiro atoms. The molecule has 0 N–H and O–H groups in total. The second kappa shape index (κ2) is 30.0. The third kappa shape index (κ3) is 27.5. The molecule has 0 fully saturated rings. The summed E-state index contributed by atoms with van der Waals surface area (Å²) in [6, 6.07) is 0. The van der Waals surface area contributed by atoms with E-state index in [0.29, 0.717) is 12.8 Å². The quantitative estimate of drug-likeness (QED) is 0.0522. The Morgan fingerprint density at radius 2 is 1.00 bits per heavy atom. The zero-order chi connectivity index (χ0) is 27.9. The number of rotatable bonds is 30. The van der Waals surface area contributed by atoms with Crippen molar-refractivity contribution in [3.8, 4) is 0 Å². The molecule has 0 bridgehead atoms. The highest BCUT2D eigenvalue weighted by Crippen LogP contribution is 2.15. The van der Waals surface area contributed by atoms with E-state index in [2.05, 4.69) is 20.1 Å². The lowest BCUT2D eigenvalue weighted by Gasteiger charge is -2.18. The van der Waals surface area contributed by atoms with Crippen LogP contribution in [0, 0.1) is 0 Å². The largest absolute Gasteiger partial charge is 0.462 e. The van der Waals surface area contributed by atoms with Gasteiger partial charge in [0.1, 0.15) is 12.7 Å². The maximum atomic E-state index is 12.5. The Labute approximate surface area is 236 Å². The summed E-state index contributed by atoms with van der Waals surface area (Å²) >= 11 is 0. The molecule has 0 radical (unpaired) electrons. The molecule has 0 aromatic carbocycles. The van der Waals surface area contributed by atoms with Crippen molar-refractivity contribution in [3.63, 3.8) is 0 Å². The fourth-order valence-electron chi connectivity index (χ4n) is 4.72. The predicted molar refractivity (Wildman–Crippen MR) is 162 cm³/mol. The van der Waals surface area contributed by atoms with Crippen LogP contribution in [0.2, 0.25) is 0 Å². The maximum Gasteiger partial charge on any atom is 0.306 e. The number of unbranched alkanes of at least 4 members (excludes halogenated alkanes) is 19. The number of allylic oxidation sites excluding steroid dienone is 2. The molecule has 222 valence electrons. The van der Waals surface area contributed by atoms with Crippen LogP contribution in [0.3, 0.4) is 0 Å². The molecule has 0 rings (SSSR count). The van der Waals surface area contributed by atoms with Gasteiger partial charge in [-0.15, -0.1) is 13.2 Å². The van der Waals surface area contributed by atoms with Crippen molar-refractivity contribution in [2.24, 2.45) is 0 Å². The van der Waals surface area contributed by atoms with Crippen LogP contribution in [0.15, 0.2) is 25.3 Å². The molecule has 0 amide bonds. The first-order valence-corrected chi connectivity index (χ1v) is 16.2. The average molecular weight is 535 g/mol. The molecular weight excluding hydrogens is 472 g/mol. The van der Waals surface area contributed by atoms with E-state index in [1.807, 2.05) is 12.2 Å². The number of hydrogen-bond donors (Lipinski definition) is 0. The number of esters is 2. The van der Waals surface area contributed by atoms with Crippen LogP contribution in [-0.2, 0) is 19.1 Å². The first-order chi connectivity index (χ1) is 18.6. The molecule has 0 aliphatic carbocycles. The summed E-state index contributed by atoms with van der Waals surface area (Å²) in [5, 5.41) is 0. The lowest BCUT2D eigenvalue weighted by molar-refractivity contribution is -0.159. The van der Waals surface area contributed by atoms with Gasteiger partial charge in [-0.2, -0.15) is 0 Å². The summed E-state index contributed by atoms with van der Waals surface area (Å²) in [6.45, 7) is 9.97. The minimum Gasteiger partial charge on any atom is -0.462 e. The van der Waals surface area contributed by atoms with E-state index in [-0.39, 0.29) is 24.6 Å². The highest BCUT2D eigenvalue weighted by atomic mass is 16.6. The molecule has 0 aromatic heterocycles. The van der Waals surface area contributed by atoms with Crippen molar-refractivity contribution in [1.29, 1.82) is 0 Å². The van der Waals surface area contributed by atoms with Crippen LogP contribution in [-0.4, -0.2) is 24.6 Å². The van der Waals surface area contributed by atoms with Crippen LogP contribution in [0.5, 0.6) is 0 Å². The van der Waals surface area contributed by atoms with Crippen LogP contribution in [0.4, 0.5) is 0 Å². The van der Waals surface area contributed by atoms with E-state index >= 15 is 0 Å². The molecule has 38 heavy (non-hydrogen) atoms. The van der Waals surface area contributed by atoms with Crippen molar-refractivity contribution in [2.45, 2.75) is 174 Å². The minimum absolute atomic E-state index is 0.145. The molecule has 0 aliphatic heterocycles. The van der Waals surface area contributed by atoms with Crippen LogP contribution in [0.25, 0.3) is 0 Å². The molecular formula is C34H62O4. The third-order valence-electron chi connectivity index (χ3n) is 7.19. The summed E-state index contributed by atoms with van der Waals surface area (Å²) in [6.07, 6.45) is 31.0. The minimum atomic E-state index is -0.310. The predicted octanol–water partition coefficient (Wildman–Crippen LogP) is 10.6. The molecule has 4 nitrogen and oxygen atoms in total. The van der Waals surface area contributed by atoms with Gasteiger partial charge in [0.2, 0.25) is 0 Å². The van der Waals surface area contributed by atoms with Gasteiger partial charge < -0.3 is 9.47 Å². The third-order valence-corrected chi connectivity index (χ3v) is 7.19. The number of carbonyl (C=O) groups is 2. The van der Waals surface area contributed by atoms with E-state index in [1.165, 1.54) is 83.5 Å². The second-order valence-corrected chi connectivity index (χ2v) is 11.0. The van der Waals surface area contributed by atoms with Crippen molar-refractivity contribution in [3.05, 3.63) is 25.3 Å². The lowest BCUT2D eigenvalue weighted by Crippen LogP contribution is -2.25. The van der Waals surface area contributed by atoms with E-state index in [0.717, 1.165) is 64.2 Å². The Morgan fingerprint density at radius 1 is 0.579 bits per heavy atom. The van der Waals surface area contributed by atoms with Crippen molar-refractivity contribution in [1.82, 2.24) is 0 Å². The van der Waals surface area contributed by atoms with Gasteiger partial charge in [-0.25, -0.2) is 0 Å². The summed E-state index contributed by atoms with van der Waals surface area (Å²) in [7, 11) is 0. The highest BCUT2D eigenvalue weighted by Gasteiger charge is 2.17. The first kappa shape index (κ1) is 36.4. The molecule has 4 heteroatoms. The summed E-state index contributed by atoms with van der Waals surface area (Å²) in [5.41, 5.74) is 0. The van der Waals surface area contributed by atoms with Crippen molar-refractivity contribution in [2.75, 3.05) is 6.61 Å². The van der Waals surface area contributed by atoms with E-state index in [9.17, 15) is 9.59 Å². The number of ether oxygens (including phenoxy) is 2. The normalized spacial score (nSPS) is 11.7. The SMILES string of the molecule is C=CCCCCCCCCC(=O)OCC(CCCCCCCCCC)OC(=O)CCCCCCCCC=C. The Kier molecular flexibility index (Phi) is 28.7. The molecule has 0 heterocycles. The first-order valence-electron chi connectivity index (χ1n) is 16.2. The maximum absolute atomic E-state index is 12.5. The van der Waals surface area contributed by atoms with Gasteiger partial charge in [0.25, 0.3) is 0 Å². The summed E-state index contributed by atoms with van der Waals surface area (Å²) in [4.78, 5) is 24.7. The van der Waals surface area contributed by atoms with E-state index in [1.54, 1.807) is 0 Å². The fourth-order valence-corrected chi connectivity index (χ4v) is 4.72. The van der Waals surface area contributed by atoms with Crippen molar-refractivity contribution >= 4 is 11.9 Å². The van der Waals surface area contributed by atoms with Gasteiger partial charge >= 0.3 is 11.9 Å². The second-order valence-electron chi connectivity index (χ2n) is 11.0. The fraction of sp³-hybridized carbons (Fsp3) is 0.824.